The third-order valence-corrected chi connectivity index (χ3v) is 3.14. The Balaban J connectivity index is 2.56. The summed E-state index contributed by atoms with van der Waals surface area (Å²) in [6.07, 6.45) is 4.82. The molecule has 5 nitrogen and oxygen atoms in total. The average molecular weight is 298 g/mol. The molecule has 0 aromatic carbocycles. The zero-order valence-corrected chi connectivity index (χ0v) is 13.1. The van der Waals surface area contributed by atoms with Gasteiger partial charge in [-0.25, -0.2) is 14.9 Å². The number of pyridine rings is 1. The molecule has 0 unspecified atom stereocenters. The molecule has 0 bridgehead atoms. The fraction of sp³-hybridized carbons (Fsp3) is 0.571. The molecule has 1 N–H and O–H groups in total. The molecule has 0 radical (unpaired) electrons. The standard InChI is InChI=1S/C14H22N2O3S/c1-4-5-6-8-14(2,3)19-13(18)15-16-9-7-11(20)10-12(16)17/h7,9-10,20H,4-6,8H2,1-3H3,(H,15,18). The summed E-state index contributed by atoms with van der Waals surface area (Å²) in [7, 11) is 0. The first-order valence-electron chi connectivity index (χ1n) is 6.76. The fourth-order valence-electron chi connectivity index (χ4n) is 1.78. The maximum absolute atomic E-state index is 11.8. The van der Waals surface area contributed by atoms with Crippen molar-refractivity contribution in [1.29, 1.82) is 0 Å². The maximum atomic E-state index is 11.8. The van der Waals surface area contributed by atoms with E-state index in [-0.39, 0.29) is 5.56 Å². The number of thiol groups is 1. The summed E-state index contributed by atoms with van der Waals surface area (Å²) in [6, 6.07) is 2.92. The topological polar surface area (TPSA) is 60.3 Å². The number of nitrogens with one attached hydrogen (secondary N) is 1. The van der Waals surface area contributed by atoms with E-state index in [1.807, 2.05) is 13.8 Å². The lowest BCUT2D eigenvalue weighted by molar-refractivity contribution is 0.0384. The molecule has 1 rings (SSSR count). The highest BCUT2D eigenvalue weighted by Crippen LogP contribution is 2.18. The number of carbonyl (C=O) groups excluding carboxylic acids is 1. The molecular weight excluding hydrogens is 276 g/mol. The zero-order chi connectivity index (χ0) is 15.2. The average Bonchev–Trinajstić information content (AvgIpc) is 2.32. The Bertz CT molecular complexity index is 511. The van der Waals surface area contributed by atoms with Gasteiger partial charge < -0.3 is 4.74 Å². The van der Waals surface area contributed by atoms with Gasteiger partial charge in [0.05, 0.1) is 0 Å². The van der Waals surface area contributed by atoms with Gasteiger partial charge in [0.1, 0.15) is 5.60 Å². The molecule has 0 spiro atoms. The molecule has 0 fully saturated rings. The van der Waals surface area contributed by atoms with Gasteiger partial charge in [0.25, 0.3) is 5.56 Å². The number of aromatic nitrogens is 1. The number of nitrogens with zero attached hydrogens (tertiary/aromatic N) is 1. The normalized spacial score (nSPS) is 11.2. The number of unbranched alkanes of at least 4 members (excludes halogenated alkanes) is 2. The lowest BCUT2D eigenvalue weighted by Crippen LogP contribution is -2.37. The van der Waals surface area contributed by atoms with E-state index < -0.39 is 11.7 Å². The van der Waals surface area contributed by atoms with E-state index in [1.165, 1.54) is 12.3 Å². The Kier molecular flexibility index (Phi) is 6.13. The van der Waals surface area contributed by atoms with Gasteiger partial charge in [-0.15, -0.1) is 12.6 Å². The van der Waals surface area contributed by atoms with E-state index in [1.54, 1.807) is 6.07 Å². The van der Waals surface area contributed by atoms with Crippen LogP contribution >= 0.6 is 12.6 Å². The van der Waals surface area contributed by atoms with Crippen LogP contribution < -0.4 is 11.0 Å². The third-order valence-electron chi connectivity index (χ3n) is 2.87. The van der Waals surface area contributed by atoms with Gasteiger partial charge in [0.15, 0.2) is 0 Å². The van der Waals surface area contributed by atoms with Gasteiger partial charge in [-0.2, -0.15) is 0 Å². The monoisotopic (exact) mass is 298 g/mol. The predicted molar refractivity (Wildman–Crippen MR) is 82.0 cm³/mol. The molecule has 0 aliphatic heterocycles. The Morgan fingerprint density at radius 2 is 2.15 bits per heavy atom. The molecule has 6 heteroatoms. The summed E-state index contributed by atoms with van der Waals surface area (Å²) in [5.74, 6) is 0. The van der Waals surface area contributed by atoms with E-state index >= 15 is 0 Å². The first-order chi connectivity index (χ1) is 9.34. The number of rotatable bonds is 6. The van der Waals surface area contributed by atoms with Crippen LogP contribution in [0.15, 0.2) is 28.0 Å². The van der Waals surface area contributed by atoms with Crippen LogP contribution in [0.25, 0.3) is 0 Å². The van der Waals surface area contributed by atoms with Crippen LogP contribution in [0.5, 0.6) is 0 Å². The van der Waals surface area contributed by atoms with Gasteiger partial charge in [-0.3, -0.25) is 4.79 Å². The van der Waals surface area contributed by atoms with E-state index in [9.17, 15) is 9.59 Å². The van der Waals surface area contributed by atoms with Crippen molar-refractivity contribution in [2.75, 3.05) is 5.43 Å². The SMILES string of the molecule is CCCCCC(C)(C)OC(=O)Nn1ccc(S)cc1=O. The van der Waals surface area contributed by atoms with Gasteiger partial charge in [-0.1, -0.05) is 19.8 Å². The number of hydrogen-bond donors (Lipinski definition) is 2. The summed E-state index contributed by atoms with van der Waals surface area (Å²) in [6.45, 7) is 5.85. The van der Waals surface area contributed by atoms with Crippen LogP contribution in [0.1, 0.15) is 46.5 Å². The van der Waals surface area contributed by atoms with Crippen molar-refractivity contribution >= 4 is 18.7 Å². The number of hydrogen-bond acceptors (Lipinski definition) is 4. The van der Waals surface area contributed by atoms with Crippen LogP contribution in [0.4, 0.5) is 4.79 Å². The molecule has 112 valence electrons. The van der Waals surface area contributed by atoms with E-state index in [0.29, 0.717) is 4.90 Å². The highest BCUT2D eigenvalue weighted by Gasteiger charge is 2.22. The molecule has 0 saturated carbocycles. The largest absolute Gasteiger partial charge is 0.442 e. The summed E-state index contributed by atoms with van der Waals surface area (Å²) in [5.41, 5.74) is 1.48. The number of amides is 1. The van der Waals surface area contributed by atoms with E-state index in [0.717, 1.165) is 30.4 Å². The zero-order valence-electron chi connectivity index (χ0n) is 12.2. The Morgan fingerprint density at radius 1 is 1.45 bits per heavy atom. The lowest BCUT2D eigenvalue weighted by atomic mass is 10.0. The van der Waals surface area contributed by atoms with Crippen molar-refractivity contribution in [1.82, 2.24) is 4.68 Å². The Labute approximate surface area is 124 Å². The minimum Gasteiger partial charge on any atom is -0.442 e. The summed E-state index contributed by atoms with van der Waals surface area (Å²) in [5, 5.41) is 0. The van der Waals surface area contributed by atoms with E-state index in [4.69, 9.17) is 4.74 Å². The van der Waals surface area contributed by atoms with Crippen molar-refractivity contribution < 1.29 is 9.53 Å². The lowest BCUT2D eigenvalue weighted by Gasteiger charge is -2.25. The predicted octanol–water partition coefficient (Wildman–Crippen LogP) is 3.18. The van der Waals surface area contributed by atoms with Gasteiger partial charge in [0, 0.05) is 17.2 Å². The van der Waals surface area contributed by atoms with Gasteiger partial charge in [-0.05, 0) is 32.8 Å². The quantitative estimate of drug-likeness (QED) is 0.626. The van der Waals surface area contributed by atoms with Crippen LogP contribution in [0.2, 0.25) is 0 Å². The first kappa shape index (κ1) is 16.6. The molecule has 0 aliphatic carbocycles. The molecule has 1 heterocycles. The molecule has 1 aromatic rings. The van der Waals surface area contributed by atoms with Crippen molar-refractivity contribution in [3.8, 4) is 0 Å². The van der Waals surface area contributed by atoms with Crippen LogP contribution in [-0.2, 0) is 4.74 Å². The van der Waals surface area contributed by atoms with Crippen LogP contribution in [-0.4, -0.2) is 16.4 Å². The molecule has 1 aromatic heterocycles. The number of carbonyl (C=O) groups is 1. The summed E-state index contributed by atoms with van der Waals surface area (Å²) in [4.78, 5) is 23.9. The Hall–Kier alpha value is -1.43. The third kappa shape index (κ3) is 5.69. The highest BCUT2D eigenvalue weighted by atomic mass is 32.1. The van der Waals surface area contributed by atoms with Crippen molar-refractivity contribution in [3.05, 3.63) is 28.7 Å². The Morgan fingerprint density at radius 3 is 2.75 bits per heavy atom. The van der Waals surface area contributed by atoms with Gasteiger partial charge >= 0.3 is 6.09 Å². The minimum absolute atomic E-state index is 0.363. The molecular formula is C14H22N2O3S. The van der Waals surface area contributed by atoms with Crippen molar-refractivity contribution in [3.63, 3.8) is 0 Å². The smallest absolute Gasteiger partial charge is 0.427 e. The molecule has 20 heavy (non-hydrogen) atoms. The minimum atomic E-state index is -0.638. The molecule has 0 aliphatic rings. The van der Waals surface area contributed by atoms with Gasteiger partial charge in [0.2, 0.25) is 0 Å². The molecule has 0 saturated heterocycles. The fourth-order valence-corrected chi connectivity index (χ4v) is 1.96. The highest BCUT2D eigenvalue weighted by molar-refractivity contribution is 7.80. The second-order valence-corrected chi connectivity index (χ2v) is 5.83. The van der Waals surface area contributed by atoms with Crippen LogP contribution in [0.3, 0.4) is 0 Å². The van der Waals surface area contributed by atoms with Crippen LogP contribution in [0, 0.1) is 0 Å². The van der Waals surface area contributed by atoms with Crippen molar-refractivity contribution in [2.24, 2.45) is 0 Å². The van der Waals surface area contributed by atoms with E-state index in [2.05, 4.69) is 25.0 Å². The molecule has 1 amide bonds. The second kappa shape index (κ2) is 7.38. The summed E-state index contributed by atoms with van der Waals surface area (Å²) >= 11 is 4.05. The first-order valence-corrected chi connectivity index (χ1v) is 7.20. The molecule has 0 atom stereocenters. The summed E-state index contributed by atoms with van der Waals surface area (Å²) < 4.78 is 6.42. The maximum Gasteiger partial charge on any atom is 0.427 e. The second-order valence-electron chi connectivity index (χ2n) is 5.31. The van der Waals surface area contributed by atoms with Crippen molar-refractivity contribution in [2.45, 2.75) is 57.0 Å². The number of ether oxygens (including phenoxy) is 1.